The minimum absolute atomic E-state index is 0.190. The van der Waals surface area contributed by atoms with Gasteiger partial charge in [-0.2, -0.15) is 0 Å². The number of aliphatic carboxylic acids is 1. The van der Waals surface area contributed by atoms with Gasteiger partial charge in [-0.15, -0.1) is 0 Å². The first kappa shape index (κ1) is 10.7. The number of carboxylic acid groups (broad SMARTS) is 1. The predicted octanol–water partition coefficient (Wildman–Crippen LogP) is -0.00280. The highest BCUT2D eigenvalue weighted by atomic mass is 16.4. The molecule has 2 rings (SSSR count). The lowest BCUT2D eigenvalue weighted by atomic mass is 10.2. The van der Waals surface area contributed by atoms with Gasteiger partial charge in [-0.05, 0) is 12.8 Å². The Morgan fingerprint density at radius 1 is 1.50 bits per heavy atom. The van der Waals surface area contributed by atoms with E-state index in [0.717, 1.165) is 25.9 Å². The Balaban J connectivity index is 2.21. The number of hydrogen-bond donors (Lipinski definition) is 2. The van der Waals surface area contributed by atoms with Crippen LogP contribution in [-0.2, 0) is 11.2 Å². The topological polar surface area (TPSA) is 86.3 Å². The number of rotatable bonds is 3. The summed E-state index contributed by atoms with van der Waals surface area (Å²) in [6, 6.07) is 0. The Labute approximate surface area is 91.9 Å². The maximum absolute atomic E-state index is 11.5. The van der Waals surface area contributed by atoms with Gasteiger partial charge in [0, 0.05) is 24.8 Å². The van der Waals surface area contributed by atoms with E-state index < -0.39 is 5.97 Å². The Hall–Kier alpha value is -1.85. The van der Waals surface area contributed by atoms with Crippen LogP contribution in [-0.4, -0.2) is 34.1 Å². The van der Waals surface area contributed by atoms with Crippen molar-refractivity contribution in [3.05, 3.63) is 22.1 Å². The first-order valence-electron chi connectivity index (χ1n) is 5.22. The lowest BCUT2D eigenvalue weighted by Crippen LogP contribution is -2.25. The zero-order valence-corrected chi connectivity index (χ0v) is 8.77. The van der Waals surface area contributed by atoms with Gasteiger partial charge in [-0.3, -0.25) is 14.6 Å². The molecule has 1 aromatic heterocycles. The quantitative estimate of drug-likeness (QED) is 0.753. The SMILES string of the molecule is O=C(O)Cc1cnc(N2CCCC2)[nH]c1=O. The van der Waals surface area contributed by atoms with Gasteiger partial charge in [0.15, 0.2) is 0 Å². The largest absolute Gasteiger partial charge is 0.481 e. The van der Waals surface area contributed by atoms with E-state index in [0.29, 0.717) is 5.95 Å². The second-order valence-electron chi connectivity index (χ2n) is 3.83. The molecule has 0 spiro atoms. The average molecular weight is 223 g/mol. The van der Waals surface area contributed by atoms with Crippen molar-refractivity contribution in [3.8, 4) is 0 Å². The molecular formula is C10H13N3O3. The van der Waals surface area contributed by atoms with Crippen molar-refractivity contribution in [1.29, 1.82) is 0 Å². The minimum atomic E-state index is -1.03. The molecule has 16 heavy (non-hydrogen) atoms. The molecule has 1 aromatic rings. The lowest BCUT2D eigenvalue weighted by molar-refractivity contribution is -0.136. The molecule has 2 heterocycles. The highest BCUT2D eigenvalue weighted by molar-refractivity contribution is 5.69. The van der Waals surface area contributed by atoms with E-state index in [-0.39, 0.29) is 17.5 Å². The Bertz CT molecular complexity index is 449. The number of hydrogen-bond acceptors (Lipinski definition) is 4. The minimum Gasteiger partial charge on any atom is -0.481 e. The van der Waals surface area contributed by atoms with Crippen molar-refractivity contribution < 1.29 is 9.90 Å². The van der Waals surface area contributed by atoms with Crippen LogP contribution >= 0.6 is 0 Å². The maximum atomic E-state index is 11.5. The molecule has 2 N–H and O–H groups in total. The van der Waals surface area contributed by atoms with Crippen molar-refractivity contribution in [1.82, 2.24) is 9.97 Å². The molecule has 0 unspecified atom stereocenters. The average Bonchev–Trinajstić information content (AvgIpc) is 2.73. The van der Waals surface area contributed by atoms with Crippen LogP contribution < -0.4 is 10.5 Å². The Morgan fingerprint density at radius 3 is 2.75 bits per heavy atom. The number of nitrogens with one attached hydrogen (secondary N) is 1. The molecule has 0 aliphatic carbocycles. The van der Waals surface area contributed by atoms with Gasteiger partial charge in [-0.25, -0.2) is 4.98 Å². The van der Waals surface area contributed by atoms with Gasteiger partial charge in [-0.1, -0.05) is 0 Å². The number of anilines is 1. The summed E-state index contributed by atoms with van der Waals surface area (Å²) >= 11 is 0. The van der Waals surface area contributed by atoms with Crippen LogP contribution in [0, 0.1) is 0 Å². The zero-order valence-electron chi connectivity index (χ0n) is 8.77. The van der Waals surface area contributed by atoms with E-state index in [1.807, 2.05) is 4.90 Å². The van der Waals surface area contributed by atoms with Crippen molar-refractivity contribution in [2.75, 3.05) is 18.0 Å². The summed E-state index contributed by atoms with van der Waals surface area (Å²) in [6.07, 6.45) is 3.25. The molecule has 86 valence electrons. The van der Waals surface area contributed by atoms with Gasteiger partial charge in [0.05, 0.1) is 6.42 Å². The Kier molecular flexibility index (Phi) is 2.89. The number of carbonyl (C=O) groups is 1. The van der Waals surface area contributed by atoms with Gasteiger partial charge < -0.3 is 10.0 Å². The van der Waals surface area contributed by atoms with E-state index in [1.165, 1.54) is 6.20 Å². The summed E-state index contributed by atoms with van der Waals surface area (Å²) in [5.41, 5.74) is -0.172. The van der Waals surface area contributed by atoms with Crippen molar-refractivity contribution >= 4 is 11.9 Å². The smallest absolute Gasteiger partial charge is 0.308 e. The van der Waals surface area contributed by atoms with Gasteiger partial charge in [0.25, 0.3) is 5.56 Å². The number of carboxylic acids is 1. The number of nitrogens with zero attached hydrogens (tertiary/aromatic N) is 2. The predicted molar refractivity (Wildman–Crippen MR) is 57.6 cm³/mol. The fourth-order valence-corrected chi connectivity index (χ4v) is 1.79. The van der Waals surface area contributed by atoms with Crippen molar-refractivity contribution in [2.45, 2.75) is 19.3 Å². The third kappa shape index (κ3) is 2.21. The maximum Gasteiger partial charge on any atom is 0.308 e. The summed E-state index contributed by atoms with van der Waals surface area (Å²) in [4.78, 5) is 30.7. The second kappa shape index (κ2) is 4.34. The fourth-order valence-electron chi connectivity index (χ4n) is 1.79. The third-order valence-corrected chi connectivity index (χ3v) is 2.61. The molecule has 0 amide bonds. The van der Waals surface area contributed by atoms with Crippen LogP contribution in [0.4, 0.5) is 5.95 Å². The summed E-state index contributed by atoms with van der Waals surface area (Å²) < 4.78 is 0. The van der Waals surface area contributed by atoms with Crippen LogP contribution in [0.5, 0.6) is 0 Å². The molecule has 0 bridgehead atoms. The molecule has 0 atom stereocenters. The fraction of sp³-hybridized carbons (Fsp3) is 0.500. The molecule has 6 heteroatoms. The molecule has 1 fully saturated rings. The van der Waals surface area contributed by atoms with Gasteiger partial charge >= 0.3 is 5.97 Å². The van der Waals surface area contributed by atoms with Crippen LogP contribution in [0.3, 0.4) is 0 Å². The summed E-state index contributed by atoms with van der Waals surface area (Å²) in [5.74, 6) is -0.488. The van der Waals surface area contributed by atoms with Crippen LogP contribution in [0.1, 0.15) is 18.4 Å². The Morgan fingerprint density at radius 2 is 2.19 bits per heavy atom. The highest BCUT2D eigenvalue weighted by Crippen LogP contribution is 2.13. The molecule has 0 radical (unpaired) electrons. The molecule has 0 aromatic carbocycles. The summed E-state index contributed by atoms with van der Waals surface area (Å²) in [6.45, 7) is 1.78. The highest BCUT2D eigenvalue weighted by Gasteiger charge is 2.15. The lowest BCUT2D eigenvalue weighted by Gasteiger charge is -2.15. The molecular weight excluding hydrogens is 210 g/mol. The third-order valence-electron chi connectivity index (χ3n) is 2.61. The van der Waals surface area contributed by atoms with E-state index in [4.69, 9.17) is 5.11 Å². The monoisotopic (exact) mass is 223 g/mol. The zero-order chi connectivity index (χ0) is 11.5. The standard InChI is InChI=1S/C10H13N3O3/c14-8(15)5-7-6-11-10(12-9(7)16)13-3-1-2-4-13/h6H,1-5H2,(H,14,15)(H,11,12,16). The van der Waals surface area contributed by atoms with E-state index >= 15 is 0 Å². The van der Waals surface area contributed by atoms with E-state index in [1.54, 1.807) is 0 Å². The summed E-state index contributed by atoms with van der Waals surface area (Å²) in [7, 11) is 0. The molecule has 1 saturated heterocycles. The van der Waals surface area contributed by atoms with E-state index in [9.17, 15) is 9.59 Å². The van der Waals surface area contributed by atoms with E-state index in [2.05, 4.69) is 9.97 Å². The van der Waals surface area contributed by atoms with Gasteiger partial charge in [0.1, 0.15) is 0 Å². The molecule has 0 saturated carbocycles. The number of aromatic amines is 1. The molecule has 6 nitrogen and oxygen atoms in total. The number of H-pyrrole nitrogens is 1. The second-order valence-corrected chi connectivity index (χ2v) is 3.83. The normalized spacial score (nSPS) is 15.4. The molecule has 1 aliphatic rings. The number of aromatic nitrogens is 2. The van der Waals surface area contributed by atoms with Crippen LogP contribution in [0.25, 0.3) is 0 Å². The van der Waals surface area contributed by atoms with Crippen molar-refractivity contribution in [3.63, 3.8) is 0 Å². The molecule has 1 aliphatic heterocycles. The first-order chi connectivity index (χ1) is 7.66. The van der Waals surface area contributed by atoms with Gasteiger partial charge in [0.2, 0.25) is 5.95 Å². The van der Waals surface area contributed by atoms with Crippen molar-refractivity contribution in [2.24, 2.45) is 0 Å². The van der Waals surface area contributed by atoms with Crippen LogP contribution in [0.15, 0.2) is 11.0 Å². The van der Waals surface area contributed by atoms with Crippen LogP contribution in [0.2, 0.25) is 0 Å². The summed E-state index contributed by atoms with van der Waals surface area (Å²) in [5, 5.41) is 8.58. The first-order valence-corrected chi connectivity index (χ1v) is 5.22.